The lowest BCUT2D eigenvalue weighted by Crippen LogP contribution is -2.02. The molecular weight excluding hydrogens is 254 g/mol. The summed E-state index contributed by atoms with van der Waals surface area (Å²) in [6, 6.07) is 6.88. The largest absolute Gasteiger partial charge is 0.490 e. The fourth-order valence-electron chi connectivity index (χ4n) is 2.12. The molecule has 20 heavy (non-hydrogen) atoms. The van der Waals surface area contributed by atoms with E-state index in [-0.39, 0.29) is 11.7 Å². The van der Waals surface area contributed by atoms with Crippen LogP contribution in [0.25, 0.3) is 11.1 Å². The van der Waals surface area contributed by atoms with Gasteiger partial charge in [0.05, 0.1) is 11.7 Å². The van der Waals surface area contributed by atoms with Crippen molar-refractivity contribution in [3.8, 4) is 16.9 Å². The molecule has 1 aliphatic carbocycles. The molecule has 1 N–H and O–H groups in total. The fourth-order valence-corrected chi connectivity index (χ4v) is 2.12. The zero-order chi connectivity index (χ0) is 14.1. The first kappa shape index (κ1) is 12.7. The van der Waals surface area contributed by atoms with Crippen LogP contribution in [0.4, 0.5) is 0 Å². The van der Waals surface area contributed by atoms with Gasteiger partial charge in [-0.25, -0.2) is 4.79 Å². The molecule has 0 spiro atoms. The quantitative estimate of drug-likeness (QED) is 0.925. The summed E-state index contributed by atoms with van der Waals surface area (Å²) >= 11 is 0. The molecule has 0 aliphatic heterocycles. The Morgan fingerprint density at radius 2 is 2.10 bits per heavy atom. The van der Waals surface area contributed by atoms with Gasteiger partial charge in [0.1, 0.15) is 5.75 Å². The van der Waals surface area contributed by atoms with Gasteiger partial charge in [0, 0.05) is 18.0 Å². The van der Waals surface area contributed by atoms with E-state index in [0.717, 1.165) is 35.3 Å². The van der Waals surface area contributed by atoms with Crippen LogP contribution in [0.15, 0.2) is 36.7 Å². The third-order valence-electron chi connectivity index (χ3n) is 3.35. The number of carboxylic acids is 1. The highest BCUT2D eigenvalue weighted by molar-refractivity contribution is 5.90. The molecule has 4 heteroatoms. The molecule has 0 amide bonds. The number of benzene rings is 1. The van der Waals surface area contributed by atoms with Gasteiger partial charge in [0.2, 0.25) is 0 Å². The molecule has 1 heterocycles. The normalized spacial score (nSPS) is 14.1. The number of carboxylic acid groups (broad SMARTS) is 1. The number of pyridine rings is 1. The third-order valence-corrected chi connectivity index (χ3v) is 3.35. The summed E-state index contributed by atoms with van der Waals surface area (Å²) in [5, 5.41) is 9.16. The Kier molecular flexibility index (Phi) is 3.14. The molecule has 1 fully saturated rings. The van der Waals surface area contributed by atoms with Gasteiger partial charge in [-0.05, 0) is 55.2 Å². The average Bonchev–Trinajstić information content (AvgIpc) is 3.24. The zero-order valence-electron chi connectivity index (χ0n) is 11.2. The maximum absolute atomic E-state index is 11.2. The molecule has 2 aromatic rings. The van der Waals surface area contributed by atoms with E-state index in [1.165, 1.54) is 0 Å². The van der Waals surface area contributed by atoms with Gasteiger partial charge in [-0.15, -0.1) is 0 Å². The summed E-state index contributed by atoms with van der Waals surface area (Å²) in [7, 11) is 0. The van der Waals surface area contributed by atoms with Crippen LogP contribution in [0.5, 0.6) is 5.75 Å². The highest BCUT2D eigenvalue weighted by Crippen LogP contribution is 2.36. The van der Waals surface area contributed by atoms with E-state index in [1.807, 2.05) is 13.0 Å². The lowest BCUT2D eigenvalue weighted by molar-refractivity contribution is 0.0697. The van der Waals surface area contributed by atoms with Gasteiger partial charge in [0.25, 0.3) is 0 Å². The van der Waals surface area contributed by atoms with Crippen LogP contribution >= 0.6 is 0 Å². The van der Waals surface area contributed by atoms with E-state index >= 15 is 0 Å². The first-order valence-electron chi connectivity index (χ1n) is 6.60. The second kappa shape index (κ2) is 4.96. The summed E-state index contributed by atoms with van der Waals surface area (Å²) < 4.78 is 5.89. The Hall–Kier alpha value is -2.36. The Labute approximate surface area is 117 Å². The van der Waals surface area contributed by atoms with Gasteiger partial charge in [0.15, 0.2) is 0 Å². The van der Waals surface area contributed by atoms with Gasteiger partial charge in [-0.3, -0.25) is 4.98 Å². The van der Waals surface area contributed by atoms with Gasteiger partial charge in [-0.2, -0.15) is 0 Å². The van der Waals surface area contributed by atoms with Crippen molar-refractivity contribution < 1.29 is 14.6 Å². The van der Waals surface area contributed by atoms with Crippen molar-refractivity contribution in [1.82, 2.24) is 4.98 Å². The first-order chi connectivity index (χ1) is 9.65. The second-order valence-corrected chi connectivity index (χ2v) is 5.02. The van der Waals surface area contributed by atoms with Crippen molar-refractivity contribution in [2.45, 2.75) is 25.9 Å². The summed E-state index contributed by atoms with van der Waals surface area (Å²) in [6.45, 7) is 1.96. The molecule has 0 unspecified atom stereocenters. The number of rotatable bonds is 4. The molecule has 1 aliphatic rings. The van der Waals surface area contributed by atoms with Crippen LogP contribution in [0, 0.1) is 6.92 Å². The highest BCUT2D eigenvalue weighted by atomic mass is 16.5. The minimum absolute atomic E-state index is 0.263. The number of hydrogen-bond donors (Lipinski definition) is 1. The van der Waals surface area contributed by atoms with Gasteiger partial charge < -0.3 is 9.84 Å². The third kappa shape index (κ3) is 2.50. The summed E-state index contributed by atoms with van der Waals surface area (Å²) in [6.07, 6.45) is 5.87. The molecular formula is C16H15NO3. The highest BCUT2D eigenvalue weighted by Gasteiger charge is 2.25. The van der Waals surface area contributed by atoms with E-state index < -0.39 is 5.97 Å². The maximum Gasteiger partial charge on any atom is 0.335 e. The molecule has 3 rings (SSSR count). The van der Waals surface area contributed by atoms with Crippen LogP contribution in [-0.4, -0.2) is 22.2 Å². The lowest BCUT2D eigenvalue weighted by atomic mass is 9.99. The molecule has 1 aromatic heterocycles. The molecule has 1 aromatic carbocycles. The van der Waals surface area contributed by atoms with Gasteiger partial charge in [-0.1, -0.05) is 0 Å². The van der Waals surface area contributed by atoms with Crippen molar-refractivity contribution in [3.63, 3.8) is 0 Å². The van der Waals surface area contributed by atoms with Crippen molar-refractivity contribution in [2.75, 3.05) is 0 Å². The minimum Gasteiger partial charge on any atom is -0.490 e. The van der Waals surface area contributed by atoms with E-state index in [1.54, 1.807) is 30.6 Å². The number of aromatic nitrogens is 1. The lowest BCUT2D eigenvalue weighted by Gasteiger charge is -2.13. The number of carbonyl (C=O) groups is 1. The van der Waals surface area contributed by atoms with Crippen LogP contribution < -0.4 is 4.74 Å². The van der Waals surface area contributed by atoms with Crippen LogP contribution in [0.3, 0.4) is 0 Å². The Morgan fingerprint density at radius 3 is 2.75 bits per heavy atom. The topological polar surface area (TPSA) is 59.4 Å². The van der Waals surface area contributed by atoms with E-state index in [0.29, 0.717) is 0 Å². The summed E-state index contributed by atoms with van der Waals surface area (Å²) in [5.74, 6) is -0.192. The van der Waals surface area contributed by atoms with Crippen molar-refractivity contribution in [1.29, 1.82) is 0 Å². The van der Waals surface area contributed by atoms with Crippen LogP contribution in [0.1, 0.15) is 28.8 Å². The molecule has 0 bridgehead atoms. The fraction of sp³-hybridized carbons (Fsp3) is 0.250. The second-order valence-electron chi connectivity index (χ2n) is 5.02. The van der Waals surface area contributed by atoms with Gasteiger partial charge >= 0.3 is 5.97 Å². The molecule has 0 saturated heterocycles. The standard InChI is InChI=1S/C16H15NO3/c1-10-9-17-7-6-13(10)14-8-11(16(18)19)2-5-15(14)20-12-3-4-12/h2,5-9,12H,3-4H2,1H3,(H,18,19). The van der Waals surface area contributed by atoms with E-state index in [4.69, 9.17) is 9.84 Å². The zero-order valence-corrected chi connectivity index (χ0v) is 11.2. The average molecular weight is 269 g/mol. The first-order valence-corrected chi connectivity index (χ1v) is 6.60. The Balaban J connectivity index is 2.11. The predicted molar refractivity (Wildman–Crippen MR) is 75.0 cm³/mol. The van der Waals surface area contributed by atoms with Crippen LogP contribution in [0.2, 0.25) is 0 Å². The summed E-state index contributed by atoms with van der Waals surface area (Å²) in [5.41, 5.74) is 3.03. The maximum atomic E-state index is 11.2. The number of aromatic carboxylic acids is 1. The smallest absolute Gasteiger partial charge is 0.335 e. The minimum atomic E-state index is -0.934. The number of nitrogens with zero attached hydrogens (tertiary/aromatic N) is 1. The number of hydrogen-bond acceptors (Lipinski definition) is 3. The van der Waals surface area contributed by atoms with Crippen molar-refractivity contribution >= 4 is 5.97 Å². The van der Waals surface area contributed by atoms with Crippen molar-refractivity contribution in [2.24, 2.45) is 0 Å². The predicted octanol–water partition coefficient (Wildman–Crippen LogP) is 3.30. The number of aryl methyl sites for hydroxylation is 1. The van der Waals surface area contributed by atoms with E-state index in [2.05, 4.69) is 4.98 Å². The Bertz CT molecular complexity index is 663. The number of ether oxygens (including phenoxy) is 1. The molecule has 1 saturated carbocycles. The molecule has 0 atom stereocenters. The monoisotopic (exact) mass is 269 g/mol. The Morgan fingerprint density at radius 1 is 1.30 bits per heavy atom. The summed E-state index contributed by atoms with van der Waals surface area (Å²) in [4.78, 5) is 15.2. The van der Waals surface area contributed by atoms with Crippen molar-refractivity contribution in [3.05, 3.63) is 47.8 Å². The SMILES string of the molecule is Cc1cnccc1-c1cc(C(=O)O)ccc1OC1CC1. The molecule has 102 valence electrons. The molecule has 0 radical (unpaired) electrons. The molecule has 4 nitrogen and oxygen atoms in total. The van der Waals surface area contributed by atoms with E-state index in [9.17, 15) is 4.79 Å². The van der Waals surface area contributed by atoms with Crippen LogP contribution in [-0.2, 0) is 0 Å².